The summed E-state index contributed by atoms with van der Waals surface area (Å²) in [7, 11) is -3.85. The Balaban J connectivity index is 0.00000181. The highest BCUT2D eigenvalue weighted by Crippen LogP contribution is 2.24. The molecule has 0 unspecified atom stereocenters. The van der Waals surface area contributed by atoms with Crippen LogP contribution in [0.4, 0.5) is 5.69 Å². The van der Waals surface area contributed by atoms with E-state index in [1.807, 2.05) is 5.38 Å². The fourth-order valence-electron chi connectivity index (χ4n) is 3.49. The number of halogens is 2. The van der Waals surface area contributed by atoms with Crippen molar-refractivity contribution < 1.29 is 13.2 Å². The molecule has 0 saturated carbocycles. The lowest BCUT2D eigenvalue weighted by molar-refractivity contribution is -0.129. The Morgan fingerprint density at radius 3 is 2.53 bits per heavy atom. The average Bonchev–Trinajstić information content (AvgIpc) is 3.30. The molecule has 172 valence electrons. The predicted molar refractivity (Wildman–Crippen MR) is 132 cm³/mol. The molecule has 0 radical (unpaired) electrons. The van der Waals surface area contributed by atoms with E-state index >= 15 is 0 Å². The van der Waals surface area contributed by atoms with E-state index in [4.69, 9.17) is 16.9 Å². The summed E-state index contributed by atoms with van der Waals surface area (Å²) < 4.78 is 28.2. The van der Waals surface area contributed by atoms with Gasteiger partial charge < -0.3 is 16.4 Å². The van der Waals surface area contributed by atoms with Gasteiger partial charge in [-0.25, -0.2) is 8.42 Å². The Labute approximate surface area is 202 Å². The Kier molecular flexibility index (Phi) is 8.13. The first kappa shape index (κ1) is 25.9. The SMILES string of the molecule is Cl.Cl.N=C(N)c1cc(CN2CC[C@H](NS(=O)(=O)c3ccc4cc(N)ccc4c3)C2=O)cs1. The van der Waals surface area contributed by atoms with Crippen LogP contribution in [-0.2, 0) is 21.4 Å². The molecule has 2 aromatic carbocycles. The van der Waals surface area contributed by atoms with Crippen LogP contribution >= 0.6 is 36.2 Å². The zero-order valence-electron chi connectivity index (χ0n) is 16.8. The summed E-state index contributed by atoms with van der Waals surface area (Å²) in [6.45, 7) is 0.812. The molecule has 6 N–H and O–H groups in total. The first-order chi connectivity index (χ1) is 14.2. The van der Waals surface area contributed by atoms with Crippen molar-refractivity contribution >= 4 is 74.4 Å². The molecule has 2 heterocycles. The van der Waals surface area contributed by atoms with Gasteiger partial charge in [0.1, 0.15) is 11.9 Å². The maximum Gasteiger partial charge on any atom is 0.241 e. The molecule has 1 amide bonds. The quantitative estimate of drug-likeness (QED) is 0.226. The summed E-state index contributed by atoms with van der Waals surface area (Å²) in [6.07, 6.45) is 0.395. The number of carbonyl (C=O) groups is 1. The third-order valence-corrected chi connectivity index (χ3v) is 7.52. The van der Waals surface area contributed by atoms with Gasteiger partial charge in [-0.05, 0) is 58.5 Å². The third-order valence-electron chi connectivity index (χ3n) is 5.03. The Morgan fingerprint density at radius 2 is 1.84 bits per heavy atom. The number of amides is 1. The number of rotatable bonds is 6. The molecule has 12 heteroatoms. The van der Waals surface area contributed by atoms with Gasteiger partial charge in [0.05, 0.1) is 9.77 Å². The van der Waals surface area contributed by atoms with Crippen LogP contribution < -0.4 is 16.2 Å². The van der Waals surface area contributed by atoms with E-state index in [2.05, 4.69) is 4.72 Å². The van der Waals surface area contributed by atoms with Crippen molar-refractivity contribution in [2.45, 2.75) is 23.9 Å². The van der Waals surface area contributed by atoms with Crippen LogP contribution in [0.3, 0.4) is 0 Å². The van der Waals surface area contributed by atoms with Crippen LogP contribution in [0, 0.1) is 5.41 Å². The number of nitrogens with one attached hydrogen (secondary N) is 2. The van der Waals surface area contributed by atoms with E-state index in [1.165, 1.54) is 17.4 Å². The Bertz CT molecular complexity index is 1260. The van der Waals surface area contributed by atoms with Crippen LogP contribution in [0.25, 0.3) is 10.8 Å². The van der Waals surface area contributed by atoms with Gasteiger partial charge in [0.25, 0.3) is 0 Å². The van der Waals surface area contributed by atoms with E-state index in [-0.39, 0.29) is 41.5 Å². The van der Waals surface area contributed by atoms with Crippen molar-refractivity contribution in [3.63, 3.8) is 0 Å². The fourth-order valence-corrected chi connectivity index (χ4v) is 5.52. The lowest BCUT2D eigenvalue weighted by Crippen LogP contribution is -2.41. The maximum atomic E-state index is 12.8. The molecule has 0 spiro atoms. The van der Waals surface area contributed by atoms with Gasteiger partial charge in [-0.15, -0.1) is 36.2 Å². The molecule has 3 aromatic rings. The van der Waals surface area contributed by atoms with Crippen LogP contribution in [-0.4, -0.2) is 37.6 Å². The zero-order valence-corrected chi connectivity index (χ0v) is 20.0. The van der Waals surface area contributed by atoms with Gasteiger partial charge >= 0.3 is 0 Å². The first-order valence-corrected chi connectivity index (χ1v) is 11.6. The highest BCUT2D eigenvalue weighted by molar-refractivity contribution is 7.89. The predicted octanol–water partition coefficient (Wildman–Crippen LogP) is 2.69. The number of nitrogens with two attached hydrogens (primary N) is 2. The fraction of sp³-hybridized carbons (Fsp3) is 0.200. The third kappa shape index (κ3) is 5.33. The number of nitrogens with zero attached hydrogens (tertiary/aromatic N) is 1. The van der Waals surface area contributed by atoms with E-state index in [0.29, 0.717) is 30.1 Å². The largest absolute Gasteiger partial charge is 0.399 e. The number of amidine groups is 1. The van der Waals surface area contributed by atoms with E-state index in [0.717, 1.165) is 16.3 Å². The molecule has 1 aliphatic heterocycles. The van der Waals surface area contributed by atoms with Crippen LogP contribution in [0.15, 0.2) is 52.7 Å². The van der Waals surface area contributed by atoms with E-state index < -0.39 is 16.1 Å². The standard InChI is InChI=1S/C20H21N5O3S2.2ClH/c21-15-3-1-14-9-16(4-2-13(14)8-15)30(27,28)24-17-5-6-25(20(17)26)10-12-7-18(19(22)23)29-11-12;;/h1-4,7-9,11,17,24H,5-6,10,21H2,(H3,22,23);2*1H/t17-;;/m0../s1. The summed E-state index contributed by atoms with van der Waals surface area (Å²) >= 11 is 1.35. The molecule has 0 bridgehead atoms. The number of hydrogen-bond acceptors (Lipinski definition) is 6. The topological polar surface area (TPSA) is 142 Å². The normalized spacial score (nSPS) is 15.9. The first-order valence-electron chi connectivity index (χ1n) is 9.25. The number of hydrogen-bond donors (Lipinski definition) is 4. The molecule has 32 heavy (non-hydrogen) atoms. The molecular formula is C20H23Cl2N5O3S2. The van der Waals surface area contributed by atoms with E-state index in [1.54, 1.807) is 41.3 Å². The van der Waals surface area contributed by atoms with Gasteiger partial charge in [-0.2, -0.15) is 4.72 Å². The monoisotopic (exact) mass is 515 g/mol. The lowest BCUT2D eigenvalue weighted by atomic mass is 10.1. The minimum Gasteiger partial charge on any atom is -0.399 e. The molecule has 1 aliphatic rings. The second kappa shape index (κ2) is 10.1. The summed E-state index contributed by atoms with van der Waals surface area (Å²) in [5, 5.41) is 10.9. The number of sulfonamides is 1. The van der Waals surface area contributed by atoms with Gasteiger partial charge in [0, 0.05) is 18.8 Å². The van der Waals surface area contributed by atoms with Crippen LogP contribution in [0.5, 0.6) is 0 Å². The lowest BCUT2D eigenvalue weighted by Gasteiger charge is -2.17. The van der Waals surface area contributed by atoms with Crippen molar-refractivity contribution in [2.24, 2.45) is 5.73 Å². The Morgan fingerprint density at radius 1 is 1.16 bits per heavy atom. The molecule has 1 atom stereocenters. The molecular weight excluding hydrogens is 493 g/mol. The molecule has 1 aromatic heterocycles. The molecule has 1 saturated heterocycles. The molecule has 0 aliphatic carbocycles. The summed E-state index contributed by atoms with van der Waals surface area (Å²) in [5.74, 6) is -0.273. The van der Waals surface area contributed by atoms with Crippen molar-refractivity contribution in [1.29, 1.82) is 5.41 Å². The van der Waals surface area contributed by atoms with Gasteiger partial charge in [0.15, 0.2) is 0 Å². The minimum absolute atomic E-state index is 0. The number of thiophene rings is 1. The van der Waals surface area contributed by atoms with Crippen LogP contribution in [0.2, 0.25) is 0 Å². The smallest absolute Gasteiger partial charge is 0.241 e. The number of anilines is 1. The molecule has 8 nitrogen and oxygen atoms in total. The molecule has 4 rings (SSSR count). The highest BCUT2D eigenvalue weighted by atomic mass is 35.5. The second-order valence-corrected chi connectivity index (χ2v) is 9.85. The average molecular weight is 516 g/mol. The van der Waals surface area contributed by atoms with Gasteiger partial charge in [-0.1, -0.05) is 12.1 Å². The van der Waals surface area contributed by atoms with Crippen molar-refractivity contribution in [1.82, 2.24) is 9.62 Å². The number of likely N-dealkylation sites (tertiary alicyclic amines) is 1. The van der Waals surface area contributed by atoms with Crippen LogP contribution in [0.1, 0.15) is 16.9 Å². The highest BCUT2D eigenvalue weighted by Gasteiger charge is 2.35. The number of carbonyl (C=O) groups excluding carboxylic acids is 1. The van der Waals surface area contributed by atoms with Crippen molar-refractivity contribution in [3.8, 4) is 0 Å². The summed E-state index contributed by atoms with van der Waals surface area (Å²) in [6, 6.07) is 11.0. The maximum absolute atomic E-state index is 12.8. The number of nitrogen functional groups attached to an aromatic ring is 2. The number of fused-ring (bicyclic) bond motifs is 1. The summed E-state index contributed by atoms with van der Waals surface area (Å²) in [5.41, 5.74) is 12.7. The van der Waals surface area contributed by atoms with Crippen molar-refractivity contribution in [2.75, 3.05) is 12.3 Å². The van der Waals surface area contributed by atoms with Gasteiger partial charge in [0.2, 0.25) is 15.9 Å². The molecule has 1 fully saturated rings. The number of benzene rings is 2. The Hall–Kier alpha value is -2.37. The zero-order chi connectivity index (χ0) is 21.5. The summed E-state index contributed by atoms with van der Waals surface area (Å²) in [4.78, 5) is 15.1. The van der Waals surface area contributed by atoms with Gasteiger partial charge in [-0.3, -0.25) is 10.2 Å². The minimum atomic E-state index is -3.85. The van der Waals surface area contributed by atoms with E-state index in [9.17, 15) is 13.2 Å². The van der Waals surface area contributed by atoms with Crippen molar-refractivity contribution in [3.05, 3.63) is 58.3 Å². The second-order valence-electron chi connectivity index (χ2n) is 7.22.